The predicted molar refractivity (Wildman–Crippen MR) is 104 cm³/mol. The van der Waals surface area contributed by atoms with E-state index in [4.69, 9.17) is 17.5 Å². The molecule has 0 spiro atoms. The second-order valence-electron chi connectivity index (χ2n) is 5.27. The number of hydrazine groups is 1. The van der Waals surface area contributed by atoms with Crippen LogP contribution in [0.3, 0.4) is 0 Å². The van der Waals surface area contributed by atoms with E-state index in [0.29, 0.717) is 12.1 Å². The molecule has 0 saturated carbocycles. The van der Waals surface area contributed by atoms with Gasteiger partial charge < -0.3 is 5.32 Å². The molecule has 0 unspecified atom stereocenters. The maximum atomic E-state index is 12.1. The SMILES string of the molecule is N#CC(=Cc1cccc([N+](=O)[O-])c1)C(=O)NNC(=S)NCc1ccccc1. The van der Waals surface area contributed by atoms with Crippen molar-refractivity contribution in [3.63, 3.8) is 0 Å². The van der Waals surface area contributed by atoms with Crippen LogP contribution < -0.4 is 16.2 Å². The average Bonchev–Trinajstić information content (AvgIpc) is 2.69. The smallest absolute Gasteiger partial charge is 0.280 e. The molecule has 2 aromatic rings. The second kappa shape index (κ2) is 9.65. The zero-order valence-corrected chi connectivity index (χ0v) is 14.8. The topological polar surface area (TPSA) is 120 Å². The van der Waals surface area contributed by atoms with Gasteiger partial charge in [0.1, 0.15) is 11.6 Å². The first kappa shape index (κ1) is 19.6. The maximum absolute atomic E-state index is 12.1. The molecule has 0 aliphatic rings. The first-order chi connectivity index (χ1) is 13.0. The largest absolute Gasteiger partial charge is 0.357 e. The number of carbonyl (C=O) groups is 1. The molecule has 136 valence electrons. The predicted octanol–water partition coefficient (Wildman–Crippen LogP) is 2.20. The Morgan fingerprint density at radius 3 is 2.59 bits per heavy atom. The number of amides is 1. The fourth-order valence-corrected chi connectivity index (χ4v) is 2.17. The van der Waals surface area contributed by atoms with Crippen molar-refractivity contribution in [2.45, 2.75) is 6.54 Å². The molecule has 0 aliphatic heterocycles. The van der Waals surface area contributed by atoms with E-state index in [2.05, 4.69) is 16.2 Å². The minimum Gasteiger partial charge on any atom is -0.357 e. The summed E-state index contributed by atoms with van der Waals surface area (Å²) in [6, 6.07) is 16.9. The van der Waals surface area contributed by atoms with Crippen LogP contribution >= 0.6 is 12.2 Å². The highest BCUT2D eigenvalue weighted by molar-refractivity contribution is 7.80. The van der Waals surface area contributed by atoms with Gasteiger partial charge in [-0.05, 0) is 29.4 Å². The first-order valence-electron chi connectivity index (χ1n) is 7.74. The molecule has 0 saturated heterocycles. The van der Waals surface area contributed by atoms with Gasteiger partial charge in [-0.1, -0.05) is 42.5 Å². The summed E-state index contributed by atoms with van der Waals surface area (Å²) in [6.07, 6.45) is 1.25. The van der Waals surface area contributed by atoms with Gasteiger partial charge in [-0.25, -0.2) is 0 Å². The monoisotopic (exact) mass is 381 g/mol. The lowest BCUT2D eigenvalue weighted by Gasteiger charge is -2.11. The highest BCUT2D eigenvalue weighted by Crippen LogP contribution is 2.15. The number of non-ortho nitro benzene ring substituents is 1. The van der Waals surface area contributed by atoms with Crippen LogP contribution in [0.1, 0.15) is 11.1 Å². The Labute approximate surface area is 160 Å². The zero-order valence-electron chi connectivity index (χ0n) is 14.0. The number of benzene rings is 2. The van der Waals surface area contributed by atoms with Crippen LogP contribution in [0.2, 0.25) is 0 Å². The van der Waals surface area contributed by atoms with E-state index in [0.717, 1.165) is 5.56 Å². The minimum atomic E-state index is -0.715. The second-order valence-corrected chi connectivity index (χ2v) is 5.68. The Morgan fingerprint density at radius 1 is 1.19 bits per heavy atom. The summed E-state index contributed by atoms with van der Waals surface area (Å²) in [4.78, 5) is 22.3. The van der Waals surface area contributed by atoms with Crippen molar-refractivity contribution in [3.8, 4) is 6.07 Å². The third-order valence-corrected chi connectivity index (χ3v) is 3.59. The summed E-state index contributed by atoms with van der Waals surface area (Å²) in [7, 11) is 0. The van der Waals surface area contributed by atoms with Gasteiger partial charge in [0, 0.05) is 18.7 Å². The molecule has 0 bridgehead atoms. The molecule has 2 aromatic carbocycles. The quantitative estimate of drug-likeness (QED) is 0.239. The normalized spacial score (nSPS) is 10.4. The minimum absolute atomic E-state index is 0.133. The molecule has 0 radical (unpaired) electrons. The molecule has 0 heterocycles. The van der Waals surface area contributed by atoms with Gasteiger partial charge in [-0.3, -0.25) is 25.8 Å². The molecular formula is C18H15N5O3S. The van der Waals surface area contributed by atoms with Crippen molar-refractivity contribution < 1.29 is 9.72 Å². The highest BCUT2D eigenvalue weighted by atomic mass is 32.1. The lowest BCUT2D eigenvalue weighted by molar-refractivity contribution is -0.384. The van der Waals surface area contributed by atoms with Crippen LogP contribution in [-0.4, -0.2) is 15.9 Å². The summed E-state index contributed by atoms with van der Waals surface area (Å²) in [6.45, 7) is 0.469. The van der Waals surface area contributed by atoms with Crippen LogP contribution in [0.15, 0.2) is 60.2 Å². The Kier molecular flexibility index (Phi) is 6.99. The number of nitriles is 1. The lowest BCUT2D eigenvalue weighted by Crippen LogP contribution is -2.46. The van der Waals surface area contributed by atoms with Crippen molar-refractivity contribution in [3.05, 3.63) is 81.4 Å². The molecule has 3 N–H and O–H groups in total. The molecular weight excluding hydrogens is 366 g/mol. The summed E-state index contributed by atoms with van der Waals surface area (Å²) in [5.41, 5.74) is 5.82. The molecule has 0 aromatic heterocycles. The maximum Gasteiger partial charge on any atom is 0.280 e. The Morgan fingerprint density at radius 2 is 1.93 bits per heavy atom. The van der Waals surface area contributed by atoms with E-state index < -0.39 is 10.8 Å². The van der Waals surface area contributed by atoms with Crippen molar-refractivity contribution in [1.82, 2.24) is 16.2 Å². The van der Waals surface area contributed by atoms with Crippen molar-refractivity contribution in [2.75, 3.05) is 0 Å². The van der Waals surface area contributed by atoms with Crippen LogP contribution in [0.25, 0.3) is 6.08 Å². The zero-order chi connectivity index (χ0) is 19.6. The van der Waals surface area contributed by atoms with Crippen LogP contribution in [0, 0.1) is 21.4 Å². The van der Waals surface area contributed by atoms with Crippen molar-refractivity contribution in [2.24, 2.45) is 0 Å². The number of nitro groups is 1. The van der Waals surface area contributed by atoms with Crippen LogP contribution in [0.5, 0.6) is 0 Å². The van der Waals surface area contributed by atoms with Gasteiger partial charge in [0.2, 0.25) is 0 Å². The molecule has 27 heavy (non-hydrogen) atoms. The van der Waals surface area contributed by atoms with Crippen molar-refractivity contribution >= 4 is 35.0 Å². The van der Waals surface area contributed by atoms with Gasteiger partial charge in [-0.15, -0.1) is 0 Å². The molecule has 8 nitrogen and oxygen atoms in total. The summed E-state index contributed by atoms with van der Waals surface area (Å²) in [5, 5.41) is 23.0. The number of nitro benzene ring substituents is 1. The molecule has 2 rings (SSSR count). The Balaban J connectivity index is 1.93. The number of thiocarbonyl (C=S) groups is 1. The number of hydrogen-bond acceptors (Lipinski definition) is 5. The fraction of sp³-hybridized carbons (Fsp3) is 0.0556. The average molecular weight is 381 g/mol. The Bertz CT molecular complexity index is 922. The number of nitrogens with zero attached hydrogens (tertiary/aromatic N) is 2. The third-order valence-electron chi connectivity index (χ3n) is 3.34. The summed E-state index contributed by atoms with van der Waals surface area (Å²) < 4.78 is 0. The third kappa shape index (κ3) is 6.22. The van der Waals surface area contributed by atoms with Gasteiger partial charge >= 0.3 is 0 Å². The van der Waals surface area contributed by atoms with E-state index in [1.807, 2.05) is 30.3 Å². The number of rotatable bonds is 5. The molecule has 0 fully saturated rings. The van der Waals surface area contributed by atoms with E-state index in [9.17, 15) is 14.9 Å². The Hall–Kier alpha value is -3.77. The van der Waals surface area contributed by atoms with Gasteiger partial charge in [0.15, 0.2) is 5.11 Å². The summed E-state index contributed by atoms with van der Waals surface area (Å²) >= 11 is 5.06. The lowest BCUT2D eigenvalue weighted by atomic mass is 10.1. The van der Waals surface area contributed by atoms with Gasteiger partial charge in [0.25, 0.3) is 11.6 Å². The fourth-order valence-electron chi connectivity index (χ4n) is 2.05. The molecule has 0 atom stereocenters. The molecule has 1 amide bonds. The number of nitrogens with one attached hydrogen (secondary N) is 3. The number of carbonyl (C=O) groups excluding carboxylic acids is 1. The van der Waals surface area contributed by atoms with E-state index in [1.54, 1.807) is 12.1 Å². The van der Waals surface area contributed by atoms with Gasteiger partial charge in [0.05, 0.1) is 4.92 Å². The van der Waals surface area contributed by atoms with E-state index >= 15 is 0 Å². The first-order valence-corrected chi connectivity index (χ1v) is 8.15. The standard InChI is InChI=1S/C18H15N5O3S/c19-11-15(9-14-7-4-8-16(10-14)23(25)26)17(24)21-22-18(27)20-12-13-5-2-1-3-6-13/h1-10H,12H2,(H,21,24)(H2,20,22,27). The van der Waals surface area contributed by atoms with E-state index in [1.165, 1.54) is 24.3 Å². The molecule has 9 heteroatoms. The van der Waals surface area contributed by atoms with Crippen LogP contribution in [-0.2, 0) is 11.3 Å². The number of hydrogen-bond donors (Lipinski definition) is 3. The van der Waals surface area contributed by atoms with Crippen LogP contribution in [0.4, 0.5) is 5.69 Å². The molecule has 0 aliphatic carbocycles. The van der Waals surface area contributed by atoms with E-state index in [-0.39, 0.29) is 16.4 Å². The van der Waals surface area contributed by atoms with Crippen molar-refractivity contribution in [1.29, 1.82) is 5.26 Å². The summed E-state index contributed by atoms with van der Waals surface area (Å²) in [5.74, 6) is -0.715. The highest BCUT2D eigenvalue weighted by Gasteiger charge is 2.11. The van der Waals surface area contributed by atoms with Gasteiger partial charge in [-0.2, -0.15) is 5.26 Å².